The third-order valence-electron chi connectivity index (χ3n) is 6.82. The second kappa shape index (κ2) is 13.1. The number of para-hydroxylation sites is 1. The Morgan fingerprint density at radius 2 is 1.54 bits per heavy atom. The Balaban J connectivity index is 1.14. The van der Waals surface area contributed by atoms with Gasteiger partial charge in [-0.3, -0.25) is 0 Å². The summed E-state index contributed by atoms with van der Waals surface area (Å²) in [5, 5.41) is 6.26. The number of nitrogens with zero attached hydrogens (tertiary/aromatic N) is 2. The molecule has 2 N–H and O–H groups in total. The maximum atomic E-state index is 12.7. The van der Waals surface area contributed by atoms with Crippen LogP contribution < -0.4 is 10.6 Å². The third-order valence-corrected chi connectivity index (χ3v) is 6.82. The monoisotopic (exact) mass is 470 g/mol. The van der Waals surface area contributed by atoms with E-state index in [1.54, 1.807) is 0 Å². The second-order valence-corrected chi connectivity index (χ2v) is 9.52. The van der Waals surface area contributed by atoms with E-state index >= 15 is 0 Å². The van der Waals surface area contributed by atoms with E-state index in [4.69, 9.17) is 0 Å². The number of amides is 2. The molecule has 3 aromatic carbocycles. The van der Waals surface area contributed by atoms with Crippen LogP contribution in [-0.2, 0) is 6.42 Å². The van der Waals surface area contributed by atoms with E-state index in [0.717, 1.165) is 68.8 Å². The fourth-order valence-corrected chi connectivity index (χ4v) is 4.75. The van der Waals surface area contributed by atoms with Gasteiger partial charge in [-0.15, -0.1) is 0 Å². The van der Waals surface area contributed by atoms with E-state index < -0.39 is 0 Å². The molecule has 3 aromatic rings. The van der Waals surface area contributed by atoms with E-state index in [9.17, 15) is 4.79 Å². The molecule has 1 saturated heterocycles. The molecule has 1 heterocycles. The molecule has 35 heavy (non-hydrogen) atoms. The zero-order valence-electron chi connectivity index (χ0n) is 20.8. The van der Waals surface area contributed by atoms with Crippen LogP contribution in [0.1, 0.15) is 24.8 Å². The Kier molecular flexibility index (Phi) is 9.32. The normalized spacial score (nSPS) is 14.7. The molecule has 2 amide bonds. The van der Waals surface area contributed by atoms with Crippen LogP contribution in [0.2, 0.25) is 0 Å². The molecular weight excluding hydrogens is 432 g/mol. The van der Waals surface area contributed by atoms with Gasteiger partial charge in [0.05, 0.1) is 5.69 Å². The van der Waals surface area contributed by atoms with Gasteiger partial charge in [-0.25, -0.2) is 4.79 Å². The van der Waals surface area contributed by atoms with E-state index in [0.29, 0.717) is 0 Å². The van der Waals surface area contributed by atoms with E-state index in [-0.39, 0.29) is 12.1 Å². The van der Waals surface area contributed by atoms with Gasteiger partial charge in [-0.1, -0.05) is 78.9 Å². The number of hydrogen-bond donors (Lipinski definition) is 2. The van der Waals surface area contributed by atoms with Crippen LogP contribution >= 0.6 is 0 Å². The Hall–Kier alpha value is -3.15. The van der Waals surface area contributed by atoms with Crippen LogP contribution in [0.4, 0.5) is 10.5 Å². The minimum Gasteiger partial charge on any atom is -0.335 e. The predicted molar refractivity (Wildman–Crippen MR) is 146 cm³/mol. The molecule has 0 aliphatic carbocycles. The first-order chi connectivity index (χ1) is 17.2. The van der Waals surface area contributed by atoms with E-state index in [1.807, 2.05) is 42.5 Å². The number of anilines is 1. The number of carbonyl (C=O) groups excluding carboxylic acids is 1. The number of benzene rings is 3. The molecule has 0 unspecified atom stereocenters. The number of piperidine rings is 1. The fraction of sp³-hybridized carbons (Fsp3) is 0.367. The highest BCUT2D eigenvalue weighted by atomic mass is 16.2. The lowest BCUT2D eigenvalue weighted by molar-refractivity contribution is 0.186. The minimum atomic E-state index is -0.119. The maximum absolute atomic E-state index is 12.7. The standard InChI is InChI=1S/C30H38N4O/c1-33(22-17-25-11-4-2-5-12-25)20-10-21-34-23-18-27(19-24-34)31-30(35)32-29-16-9-8-15-28(29)26-13-6-3-7-14-26/h2-9,11-16,27H,10,17-24H2,1H3,(H2,31,32,35). The molecule has 5 nitrogen and oxygen atoms in total. The van der Waals surface area contributed by atoms with Crippen LogP contribution in [-0.4, -0.2) is 61.6 Å². The average Bonchev–Trinajstić information content (AvgIpc) is 2.90. The Morgan fingerprint density at radius 3 is 2.29 bits per heavy atom. The number of likely N-dealkylation sites (N-methyl/N-ethyl adjacent to an activating group) is 1. The highest BCUT2D eigenvalue weighted by molar-refractivity contribution is 5.94. The Morgan fingerprint density at radius 1 is 0.886 bits per heavy atom. The van der Waals surface area contributed by atoms with Gasteiger partial charge in [-0.2, -0.15) is 0 Å². The first-order valence-corrected chi connectivity index (χ1v) is 12.8. The van der Waals surface area contributed by atoms with Gasteiger partial charge >= 0.3 is 6.03 Å². The average molecular weight is 471 g/mol. The predicted octanol–water partition coefficient (Wildman–Crippen LogP) is 5.50. The molecule has 0 spiro atoms. The number of carbonyl (C=O) groups is 1. The van der Waals surface area contributed by atoms with Gasteiger partial charge < -0.3 is 20.4 Å². The van der Waals surface area contributed by atoms with Crippen molar-refractivity contribution in [3.05, 3.63) is 90.5 Å². The lowest BCUT2D eigenvalue weighted by Crippen LogP contribution is -2.46. The SMILES string of the molecule is CN(CCCN1CCC(NC(=O)Nc2ccccc2-c2ccccc2)CC1)CCc1ccccc1. The van der Waals surface area contributed by atoms with Gasteiger partial charge in [0.2, 0.25) is 0 Å². The number of hydrogen-bond acceptors (Lipinski definition) is 3. The molecule has 1 aliphatic rings. The van der Waals surface area contributed by atoms with Crippen molar-refractivity contribution in [2.45, 2.75) is 31.7 Å². The number of likely N-dealkylation sites (tertiary alicyclic amines) is 1. The highest BCUT2D eigenvalue weighted by Gasteiger charge is 2.21. The van der Waals surface area contributed by atoms with Crippen LogP contribution in [0.15, 0.2) is 84.9 Å². The summed E-state index contributed by atoms with van der Waals surface area (Å²) in [7, 11) is 2.22. The Labute approximate surface area is 210 Å². The van der Waals surface area contributed by atoms with Gasteiger partial charge in [0, 0.05) is 31.2 Å². The lowest BCUT2D eigenvalue weighted by atomic mass is 10.0. The summed E-state index contributed by atoms with van der Waals surface area (Å²) in [5.41, 5.74) is 4.38. The van der Waals surface area contributed by atoms with Crippen molar-refractivity contribution >= 4 is 11.7 Å². The van der Waals surface area contributed by atoms with Gasteiger partial charge in [0.25, 0.3) is 0 Å². The summed E-state index contributed by atoms with van der Waals surface area (Å²) in [6.07, 6.45) is 4.28. The first kappa shape index (κ1) is 25.0. The van der Waals surface area contributed by atoms with Crippen LogP contribution in [0.25, 0.3) is 11.1 Å². The quantitative estimate of drug-likeness (QED) is 0.411. The second-order valence-electron chi connectivity index (χ2n) is 9.52. The molecular formula is C30H38N4O. The maximum Gasteiger partial charge on any atom is 0.319 e. The molecule has 1 aliphatic heterocycles. The molecule has 1 fully saturated rings. The van der Waals surface area contributed by atoms with E-state index in [1.165, 1.54) is 12.0 Å². The molecule has 4 rings (SSSR count). The van der Waals surface area contributed by atoms with Crippen molar-refractivity contribution in [1.29, 1.82) is 0 Å². The molecule has 0 bridgehead atoms. The molecule has 184 valence electrons. The molecule has 5 heteroatoms. The van der Waals surface area contributed by atoms with Gasteiger partial charge in [0.1, 0.15) is 0 Å². The van der Waals surface area contributed by atoms with Crippen molar-refractivity contribution in [2.24, 2.45) is 0 Å². The van der Waals surface area contributed by atoms with Crippen molar-refractivity contribution in [3.63, 3.8) is 0 Å². The number of rotatable bonds is 10. The van der Waals surface area contributed by atoms with Crippen molar-refractivity contribution in [2.75, 3.05) is 45.1 Å². The number of nitrogens with one attached hydrogen (secondary N) is 2. The molecule has 0 saturated carbocycles. The van der Waals surface area contributed by atoms with E-state index in [2.05, 4.69) is 69.9 Å². The van der Waals surface area contributed by atoms with Crippen LogP contribution in [0, 0.1) is 0 Å². The topological polar surface area (TPSA) is 47.6 Å². The number of urea groups is 1. The van der Waals surface area contributed by atoms with Crippen molar-refractivity contribution < 1.29 is 4.79 Å². The van der Waals surface area contributed by atoms with Crippen LogP contribution in [0.5, 0.6) is 0 Å². The molecule has 0 aromatic heterocycles. The fourth-order valence-electron chi connectivity index (χ4n) is 4.75. The largest absolute Gasteiger partial charge is 0.335 e. The summed E-state index contributed by atoms with van der Waals surface area (Å²) in [6.45, 7) is 5.42. The first-order valence-electron chi connectivity index (χ1n) is 12.8. The van der Waals surface area contributed by atoms with Crippen LogP contribution in [0.3, 0.4) is 0 Å². The van der Waals surface area contributed by atoms with Crippen molar-refractivity contribution in [1.82, 2.24) is 15.1 Å². The van der Waals surface area contributed by atoms with Crippen molar-refractivity contribution in [3.8, 4) is 11.1 Å². The molecule has 0 radical (unpaired) electrons. The lowest BCUT2D eigenvalue weighted by Gasteiger charge is -2.32. The summed E-state index contributed by atoms with van der Waals surface area (Å²) >= 11 is 0. The summed E-state index contributed by atoms with van der Waals surface area (Å²) < 4.78 is 0. The minimum absolute atomic E-state index is 0.119. The third kappa shape index (κ3) is 7.94. The van der Waals surface area contributed by atoms with Gasteiger partial charge in [-0.05, 0) is 63.0 Å². The molecule has 0 atom stereocenters. The summed E-state index contributed by atoms with van der Waals surface area (Å²) in [4.78, 5) is 17.7. The smallest absolute Gasteiger partial charge is 0.319 e. The zero-order chi connectivity index (χ0) is 24.3. The van der Waals surface area contributed by atoms with Gasteiger partial charge in [0.15, 0.2) is 0 Å². The summed E-state index contributed by atoms with van der Waals surface area (Å²) in [6, 6.07) is 28.9. The highest BCUT2D eigenvalue weighted by Crippen LogP contribution is 2.27. The summed E-state index contributed by atoms with van der Waals surface area (Å²) in [5.74, 6) is 0. The zero-order valence-corrected chi connectivity index (χ0v) is 20.8. The Bertz CT molecular complexity index is 1030.